The molecule has 1 N–H and O–H groups in total. The lowest BCUT2D eigenvalue weighted by atomic mass is 10.0. The molecule has 6 nitrogen and oxygen atoms in total. The van der Waals surface area contributed by atoms with Crippen LogP contribution in [0, 0.1) is 0 Å². The van der Waals surface area contributed by atoms with E-state index in [1.807, 2.05) is 34.6 Å². The molecular weight excluding hydrogens is 308 g/mol. The highest BCUT2D eigenvalue weighted by Crippen LogP contribution is 2.16. The van der Waals surface area contributed by atoms with Gasteiger partial charge in [-0.1, -0.05) is 39.8 Å². The molecule has 1 aliphatic heterocycles. The van der Waals surface area contributed by atoms with Gasteiger partial charge in [-0.15, -0.1) is 0 Å². The monoisotopic (exact) mass is 338 g/mol. The summed E-state index contributed by atoms with van der Waals surface area (Å²) < 4.78 is 0. The molecule has 1 aliphatic rings. The SMILES string of the molecule is C/C=C\C(C)=C(/C)C(=O)N(C=O)C1CCC(=O)NC1=O.CC.CC. The molecular formula is C18H30N2O4. The Balaban J connectivity index is 0. The van der Waals surface area contributed by atoms with E-state index in [-0.39, 0.29) is 18.7 Å². The van der Waals surface area contributed by atoms with Crippen LogP contribution >= 0.6 is 0 Å². The van der Waals surface area contributed by atoms with Gasteiger partial charge in [-0.25, -0.2) is 0 Å². The van der Waals surface area contributed by atoms with Crippen molar-refractivity contribution < 1.29 is 19.2 Å². The Morgan fingerprint density at radius 1 is 1.17 bits per heavy atom. The van der Waals surface area contributed by atoms with Crippen molar-refractivity contribution in [1.82, 2.24) is 10.2 Å². The average molecular weight is 338 g/mol. The smallest absolute Gasteiger partial charge is 0.256 e. The maximum atomic E-state index is 12.3. The van der Waals surface area contributed by atoms with Gasteiger partial charge in [-0.3, -0.25) is 29.4 Å². The molecule has 136 valence electrons. The summed E-state index contributed by atoms with van der Waals surface area (Å²) in [5.41, 5.74) is 1.11. The van der Waals surface area contributed by atoms with Gasteiger partial charge in [-0.2, -0.15) is 0 Å². The molecule has 0 saturated carbocycles. The number of carbonyl (C=O) groups excluding carboxylic acids is 4. The lowest BCUT2D eigenvalue weighted by molar-refractivity contribution is -0.148. The van der Waals surface area contributed by atoms with Crippen LogP contribution in [0.1, 0.15) is 61.3 Å². The Morgan fingerprint density at radius 3 is 2.12 bits per heavy atom. The molecule has 1 heterocycles. The maximum Gasteiger partial charge on any atom is 0.256 e. The van der Waals surface area contributed by atoms with E-state index in [2.05, 4.69) is 5.32 Å². The van der Waals surface area contributed by atoms with Crippen LogP contribution < -0.4 is 5.32 Å². The lowest BCUT2D eigenvalue weighted by Gasteiger charge is -2.28. The fourth-order valence-electron chi connectivity index (χ4n) is 1.95. The third-order valence-electron chi connectivity index (χ3n) is 3.22. The summed E-state index contributed by atoms with van der Waals surface area (Å²) in [7, 11) is 0. The van der Waals surface area contributed by atoms with Crippen LogP contribution in [0.2, 0.25) is 0 Å². The van der Waals surface area contributed by atoms with Crippen LogP contribution in [0.15, 0.2) is 23.3 Å². The standard InChI is InChI=1S/C14H18N2O4.2C2H6/c1-4-5-9(2)10(3)14(20)16(8-17)11-6-7-12(18)15-13(11)19;2*1-2/h4-5,8,11H,6-7H2,1-3H3,(H,15,18,19);2*1-2H3/b5-4-,10-9+;;. The summed E-state index contributed by atoms with van der Waals surface area (Å²) in [6.07, 6.45) is 4.15. The molecule has 0 radical (unpaired) electrons. The Labute approximate surface area is 145 Å². The molecule has 0 aromatic carbocycles. The van der Waals surface area contributed by atoms with E-state index in [9.17, 15) is 19.2 Å². The van der Waals surface area contributed by atoms with Gasteiger partial charge in [0.1, 0.15) is 6.04 Å². The van der Waals surface area contributed by atoms with Crippen molar-refractivity contribution in [2.45, 2.75) is 67.3 Å². The number of amides is 4. The number of hydrogen-bond acceptors (Lipinski definition) is 4. The zero-order chi connectivity index (χ0) is 19.3. The molecule has 4 amide bonds. The lowest BCUT2D eigenvalue weighted by Crippen LogP contribution is -2.54. The first-order valence-electron chi connectivity index (χ1n) is 8.34. The van der Waals surface area contributed by atoms with Gasteiger partial charge < -0.3 is 0 Å². The molecule has 0 aromatic rings. The summed E-state index contributed by atoms with van der Waals surface area (Å²) in [4.78, 5) is 47.1. The summed E-state index contributed by atoms with van der Waals surface area (Å²) in [6.45, 7) is 13.2. The molecule has 6 heteroatoms. The first kappa shape index (κ1) is 24.0. The molecule has 24 heavy (non-hydrogen) atoms. The Kier molecular flexibility index (Phi) is 13.2. The van der Waals surface area contributed by atoms with Gasteiger partial charge in [0, 0.05) is 12.0 Å². The third-order valence-corrected chi connectivity index (χ3v) is 3.22. The molecule has 0 aliphatic carbocycles. The van der Waals surface area contributed by atoms with Gasteiger partial charge in [0.05, 0.1) is 0 Å². The summed E-state index contributed by atoms with van der Waals surface area (Å²) in [5.74, 6) is -1.52. The highest BCUT2D eigenvalue weighted by Gasteiger charge is 2.34. The van der Waals surface area contributed by atoms with Crippen LogP contribution in [0.4, 0.5) is 0 Å². The molecule has 1 atom stereocenters. The Hall–Kier alpha value is -2.24. The second kappa shape index (κ2) is 13.2. The number of carbonyl (C=O) groups is 4. The number of hydrogen-bond donors (Lipinski definition) is 1. The molecule has 0 spiro atoms. The van der Waals surface area contributed by atoms with Gasteiger partial charge in [-0.05, 0) is 32.8 Å². The van der Waals surface area contributed by atoms with Gasteiger partial charge in [0.15, 0.2) is 0 Å². The summed E-state index contributed by atoms with van der Waals surface area (Å²) >= 11 is 0. The fraction of sp³-hybridized carbons (Fsp3) is 0.556. The second-order valence-corrected chi connectivity index (χ2v) is 4.59. The second-order valence-electron chi connectivity index (χ2n) is 4.59. The summed E-state index contributed by atoms with van der Waals surface area (Å²) in [6, 6.07) is -0.925. The van der Waals surface area contributed by atoms with Crippen LogP contribution in [0.5, 0.6) is 0 Å². The summed E-state index contributed by atoms with van der Waals surface area (Å²) in [5, 5.41) is 2.13. The van der Waals surface area contributed by atoms with E-state index in [0.717, 1.165) is 10.5 Å². The first-order valence-corrected chi connectivity index (χ1v) is 8.34. The van der Waals surface area contributed by atoms with Crippen molar-refractivity contribution in [3.8, 4) is 0 Å². The number of nitrogens with zero attached hydrogens (tertiary/aromatic N) is 1. The molecule has 0 bridgehead atoms. The van der Waals surface area contributed by atoms with Crippen molar-refractivity contribution in [1.29, 1.82) is 0 Å². The minimum atomic E-state index is -0.925. The maximum absolute atomic E-state index is 12.3. The number of nitrogens with one attached hydrogen (secondary N) is 1. The quantitative estimate of drug-likeness (QED) is 0.370. The fourth-order valence-corrected chi connectivity index (χ4v) is 1.95. The molecule has 0 aromatic heterocycles. The molecule has 1 unspecified atom stereocenters. The predicted octanol–water partition coefficient (Wildman–Crippen LogP) is 2.74. The van der Waals surface area contributed by atoms with Crippen molar-refractivity contribution in [3.63, 3.8) is 0 Å². The van der Waals surface area contributed by atoms with Gasteiger partial charge in [0.25, 0.3) is 5.91 Å². The van der Waals surface area contributed by atoms with Crippen LogP contribution in [-0.2, 0) is 19.2 Å². The first-order chi connectivity index (χ1) is 11.4. The zero-order valence-electron chi connectivity index (χ0n) is 15.8. The average Bonchev–Trinajstić information content (AvgIpc) is 2.60. The van der Waals surface area contributed by atoms with E-state index in [1.54, 1.807) is 26.0 Å². The van der Waals surface area contributed by atoms with E-state index >= 15 is 0 Å². The van der Waals surface area contributed by atoms with Crippen molar-refractivity contribution in [3.05, 3.63) is 23.3 Å². The van der Waals surface area contributed by atoms with Crippen molar-refractivity contribution in [2.75, 3.05) is 0 Å². The number of piperidine rings is 1. The van der Waals surface area contributed by atoms with Crippen LogP contribution in [0.25, 0.3) is 0 Å². The van der Waals surface area contributed by atoms with Crippen molar-refractivity contribution >= 4 is 24.1 Å². The minimum Gasteiger partial charge on any atom is -0.295 e. The van der Waals surface area contributed by atoms with E-state index in [1.165, 1.54) is 0 Å². The van der Waals surface area contributed by atoms with E-state index < -0.39 is 17.9 Å². The zero-order valence-corrected chi connectivity index (χ0v) is 15.8. The topological polar surface area (TPSA) is 83.6 Å². The van der Waals surface area contributed by atoms with Crippen molar-refractivity contribution in [2.24, 2.45) is 0 Å². The number of rotatable bonds is 4. The van der Waals surface area contributed by atoms with E-state index in [4.69, 9.17) is 0 Å². The normalized spacial score (nSPS) is 17.5. The third kappa shape index (κ3) is 6.89. The Bertz CT molecular complexity index is 507. The van der Waals surface area contributed by atoms with Gasteiger partial charge in [0.2, 0.25) is 18.2 Å². The Morgan fingerprint density at radius 2 is 1.71 bits per heavy atom. The highest BCUT2D eigenvalue weighted by atomic mass is 16.2. The van der Waals surface area contributed by atoms with Crippen LogP contribution in [-0.4, -0.2) is 35.1 Å². The molecule has 1 fully saturated rings. The molecule has 1 saturated heterocycles. The number of allylic oxidation sites excluding steroid dienone is 3. The van der Waals surface area contributed by atoms with E-state index in [0.29, 0.717) is 12.0 Å². The molecule has 1 rings (SSSR count). The van der Waals surface area contributed by atoms with Crippen LogP contribution in [0.3, 0.4) is 0 Å². The minimum absolute atomic E-state index is 0.116. The highest BCUT2D eigenvalue weighted by molar-refractivity contribution is 6.07. The predicted molar refractivity (Wildman–Crippen MR) is 95.0 cm³/mol. The van der Waals surface area contributed by atoms with Gasteiger partial charge >= 0.3 is 0 Å². The largest absolute Gasteiger partial charge is 0.295 e. The number of imide groups is 2.